The minimum Gasteiger partial charge on any atom is -0.508 e. The lowest BCUT2D eigenvalue weighted by Gasteiger charge is -2.28. The number of nitrogens with two attached hydrogens (primary N) is 2. The Kier molecular flexibility index (Phi) is 11.8. The van der Waals surface area contributed by atoms with E-state index in [1.807, 2.05) is 0 Å². The maximum atomic E-state index is 13.0. The number of primary amides is 1. The van der Waals surface area contributed by atoms with Crippen LogP contribution in [0.3, 0.4) is 0 Å². The van der Waals surface area contributed by atoms with Gasteiger partial charge >= 0.3 is 5.97 Å². The topological polar surface area (TPSA) is 214 Å². The van der Waals surface area contributed by atoms with Gasteiger partial charge in [-0.1, -0.05) is 46.2 Å². The van der Waals surface area contributed by atoms with Crippen molar-refractivity contribution >= 4 is 29.6 Å². The van der Waals surface area contributed by atoms with E-state index in [2.05, 4.69) is 16.0 Å². The van der Waals surface area contributed by atoms with Crippen LogP contribution in [0.1, 0.15) is 46.1 Å². The van der Waals surface area contributed by atoms with Gasteiger partial charge in [-0.3, -0.25) is 19.2 Å². The van der Waals surface area contributed by atoms with Crippen LogP contribution >= 0.6 is 0 Å². The SMILES string of the molecule is CCC(C)C(NC(=O)C(CC(N)=O)NC(=O)C(N)Cc1ccc(O)cc1)C(=O)NC(C(=O)O)C(C)C. The number of phenolic OH excluding ortho intramolecular Hbond substituents is 1. The van der Waals surface area contributed by atoms with Gasteiger partial charge in [-0.2, -0.15) is 0 Å². The van der Waals surface area contributed by atoms with Crippen LogP contribution in [-0.2, 0) is 30.4 Å². The first-order valence-corrected chi connectivity index (χ1v) is 11.7. The third-order valence-corrected chi connectivity index (χ3v) is 5.79. The molecule has 0 bridgehead atoms. The fourth-order valence-electron chi connectivity index (χ4n) is 3.38. The van der Waals surface area contributed by atoms with Gasteiger partial charge < -0.3 is 37.6 Å². The molecule has 5 atom stereocenters. The van der Waals surface area contributed by atoms with E-state index in [1.165, 1.54) is 12.1 Å². The molecule has 4 amide bonds. The number of hydrogen-bond acceptors (Lipinski definition) is 7. The van der Waals surface area contributed by atoms with Crippen molar-refractivity contribution < 1.29 is 34.2 Å². The van der Waals surface area contributed by atoms with Crippen molar-refractivity contribution in [3.05, 3.63) is 29.8 Å². The lowest BCUT2D eigenvalue weighted by Crippen LogP contribution is -2.59. The van der Waals surface area contributed by atoms with Crippen LogP contribution in [0.15, 0.2) is 24.3 Å². The molecule has 0 aliphatic rings. The molecule has 1 rings (SSSR count). The van der Waals surface area contributed by atoms with E-state index in [9.17, 15) is 34.2 Å². The van der Waals surface area contributed by atoms with E-state index in [-0.39, 0.29) is 12.2 Å². The normalized spacial score (nSPS) is 15.2. The summed E-state index contributed by atoms with van der Waals surface area (Å²) in [6.07, 6.45) is 0.0327. The second-order valence-electron chi connectivity index (χ2n) is 9.15. The van der Waals surface area contributed by atoms with Gasteiger partial charge in [0, 0.05) is 0 Å². The van der Waals surface area contributed by atoms with Crippen LogP contribution in [-0.4, -0.2) is 64.0 Å². The Morgan fingerprint density at radius 2 is 1.44 bits per heavy atom. The standard InChI is InChI=1S/C24H37N5O7/c1-5-13(4)20(23(34)28-19(12(2)3)24(35)36)29-22(33)17(11-18(26)31)27-21(32)16(25)10-14-6-8-15(30)9-7-14/h6-9,12-13,16-17,19-20,30H,5,10-11,25H2,1-4H3,(H2,26,31)(H,27,32)(H,28,34)(H,29,33)(H,35,36). The summed E-state index contributed by atoms with van der Waals surface area (Å²) in [6.45, 7) is 6.76. The van der Waals surface area contributed by atoms with Crippen molar-refractivity contribution in [1.82, 2.24) is 16.0 Å². The molecular weight excluding hydrogens is 470 g/mol. The second-order valence-corrected chi connectivity index (χ2v) is 9.15. The number of carboxylic acid groups (broad SMARTS) is 1. The molecule has 1 aromatic rings. The van der Waals surface area contributed by atoms with Crippen LogP contribution in [0.5, 0.6) is 5.75 Å². The Bertz CT molecular complexity index is 935. The lowest BCUT2D eigenvalue weighted by atomic mass is 9.96. The van der Waals surface area contributed by atoms with E-state index >= 15 is 0 Å². The second kappa shape index (κ2) is 14.0. The third kappa shape index (κ3) is 9.53. The van der Waals surface area contributed by atoms with Crippen molar-refractivity contribution in [2.24, 2.45) is 23.3 Å². The van der Waals surface area contributed by atoms with E-state index < -0.39 is 72.0 Å². The zero-order chi connectivity index (χ0) is 27.6. The van der Waals surface area contributed by atoms with Gasteiger partial charge in [-0.05, 0) is 36.0 Å². The summed E-state index contributed by atoms with van der Waals surface area (Å²) in [5.41, 5.74) is 11.9. The van der Waals surface area contributed by atoms with Crippen LogP contribution in [0.4, 0.5) is 0 Å². The summed E-state index contributed by atoms with van der Waals surface area (Å²) in [7, 11) is 0. The Balaban J connectivity index is 3.00. The van der Waals surface area contributed by atoms with Crippen LogP contribution < -0.4 is 27.4 Å². The highest BCUT2D eigenvalue weighted by atomic mass is 16.4. The Labute approximate surface area is 210 Å². The van der Waals surface area contributed by atoms with Gasteiger partial charge in [-0.25, -0.2) is 4.79 Å². The molecule has 0 saturated heterocycles. The van der Waals surface area contributed by atoms with Crippen LogP contribution in [0.25, 0.3) is 0 Å². The van der Waals surface area contributed by atoms with Crippen molar-refractivity contribution in [3.8, 4) is 5.75 Å². The van der Waals surface area contributed by atoms with Crippen molar-refractivity contribution in [3.63, 3.8) is 0 Å². The highest BCUT2D eigenvalue weighted by molar-refractivity contribution is 5.96. The number of rotatable bonds is 14. The molecule has 0 saturated carbocycles. The molecular formula is C24H37N5O7. The highest BCUT2D eigenvalue weighted by Gasteiger charge is 2.34. The Morgan fingerprint density at radius 1 is 0.889 bits per heavy atom. The number of phenols is 1. The Morgan fingerprint density at radius 3 is 1.92 bits per heavy atom. The van der Waals surface area contributed by atoms with Gasteiger partial charge in [0.15, 0.2) is 0 Å². The van der Waals surface area contributed by atoms with Gasteiger partial charge in [0.2, 0.25) is 23.6 Å². The number of hydrogen-bond donors (Lipinski definition) is 7. The molecule has 0 fully saturated rings. The molecule has 0 aliphatic carbocycles. The number of nitrogens with one attached hydrogen (secondary N) is 3. The largest absolute Gasteiger partial charge is 0.508 e. The maximum absolute atomic E-state index is 13.0. The fraction of sp³-hybridized carbons (Fsp3) is 0.542. The molecule has 1 aromatic carbocycles. The predicted octanol–water partition coefficient (Wildman–Crippen LogP) is -0.621. The predicted molar refractivity (Wildman–Crippen MR) is 131 cm³/mol. The first-order chi connectivity index (χ1) is 16.8. The molecule has 5 unspecified atom stereocenters. The highest BCUT2D eigenvalue weighted by Crippen LogP contribution is 2.12. The first-order valence-electron chi connectivity index (χ1n) is 11.7. The van der Waals surface area contributed by atoms with E-state index in [0.717, 1.165) is 0 Å². The average Bonchev–Trinajstić information content (AvgIpc) is 2.80. The molecule has 12 heteroatoms. The molecule has 12 nitrogen and oxygen atoms in total. The smallest absolute Gasteiger partial charge is 0.326 e. The minimum absolute atomic E-state index is 0.0536. The lowest BCUT2D eigenvalue weighted by molar-refractivity contribution is -0.144. The van der Waals surface area contributed by atoms with Gasteiger partial charge in [0.05, 0.1) is 12.5 Å². The number of aromatic hydroxyl groups is 1. The number of carboxylic acids is 1. The minimum atomic E-state index is -1.40. The number of carbonyl (C=O) groups excluding carboxylic acids is 4. The molecule has 0 aromatic heterocycles. The van der Waals surface area contributed by atoms with Gasteiger partial charge in [0.1, 0.15) is 23.9 Å². The zero-order valence-electron chi connectivity index (χ0n) is 21.0. The molecule has 36 heavy (non-hydrogen) atoms. The molecule has 9 N–H and O–H groups in total. The van der Waals surface area contributed by atoms with Gasteiger partial charge in [0.25, 0.3) is 0 Å². The summed E-state index contributed by atoms with van der Waals surface area (Å²) in [6, 6.07) is 1.30. The van der Waals surface area contributed by atoms with Crippen LogP contribution in [0, 0.1) is 11.8 Å². The van der Waals surface area contributed by atoms with E-state index in [0.29, 0.717) is 12.0 Å². The zero-order valence-corrected chi connectivity index (χ0v) is 21.0. The number of carbonyl (C=O) groups is 5. The van der Waals surface area contributed by atoms with Gasteiger partial charge in [-0.15, -0.1) is 0 Å². The first kappa shape index (κ1) is 30.4. The van der Waals surface area contributed by atoms with E-state index in [4.69, 9.17) is 11.5 Å². The molecule has 0 radical (unpaired) electrons. The number of aliphatic carboxylic acids is 1. The number of benzene rings is 1. The van der Waals surface area contributed by atoms with Crippen molar-refractivity contribution in [2.75, 3.05) is 0 Å². The third-order valence-electron chi connectivity index (χ3n) is 5.79. The average molecular weight is 508 g/mol. The molecule has 0 aliphatic heterocycles. The summed E-state index contributed by atoms with van der Waals surface area (Å²) < 4.78 is 0. The van der Waals surface area contributed by atoms with E-state index in [1.54, 1.807) is 39.8 Å². The summed E-state index contributed by atoms with van der Waals surface area (Å²) >= 11 is 0. The summed E-state index contributed by atoms with van der Waals surface area (Å²) in [4.78, 5) is 61.7. The summed E-state index contributed by atoms with van der Waals surface area (Å²) in [5, 5.41) is 26.1. The molecule has 0 spiro atoms. The summed E-state index contributed by atoms with van der Waals surface area (Å²) in [5.74, 6) is -5.08. The van der Waals surface area contributed by atoms with Crippen molar-refractivity contribution in [2.45, 2.75) is 71.1 Å². The monoisotopic (exact) mass is 507 g/mol. The Hall–Kier alpha value is -3.67. The molecule has 200 valence electrons. The van der Waals surface area contributed by atoms with Crippen LogP contribution in [0.2, 0.25) is 0 Å². The maximum Gasteiger partial charge on any atom is 0.326 e. The quantitative estimate of drug-likeness (QED) is 0.172. The number of amides is 4. The fourth-order valence-corrected chi connectivity index (χ4v) is 3.38. The molecule has 0 heterocycles. The van der Waals surface area contributed by atoms with Crippen molar-refractivity contribution in [1.29, 1.82) is 0 Å².